The SMILES string of the molecule is C=C(C)N1CCCC(F)(F)C1.Cc1nc(N)nn2ccc(-c3cc(F)c4nc(C)n(CC(F)F)c4c3)c12. The quantitative estimate of drug-likeness (QED) is 0.354. The number of anilines is 1. The Labute approximate surface area is 210 Å². The minimum absolute atomic E-state index is 0.0246. The second-order valence-electron chi connectivity index (χ2n) is 9.18. The molecule has 4 aromatic rings. The van der Waals surface area contributed by atoms with Crippen LogP contribution in [0.4, 0.5) is 27.9 Å². The number of likely N-dealkylation sites (tertiary alicyclic amines) is 1. The minimum Gasteiger partial charge on any atom is -0.370 e. The summed E-state index contributed by atoms with van der Waals surface area (Å²) >= 11 is 0. The van der Waals surface area contributed by atoms with Crippen molar-refractivity contribution in [1.82, 2.24) is 29.0 Å². The average Bonchev–Trinajstić information content (AvgIpc) is 3.35. The Kier molecular flexibility index (Phi) is 7.11. The van der Waals surface area contributed by atoms with Gasteiger partial charge in [-0.1, -0.05) is 6.58 Å². The Bertz CT molecular complexity index is 1460. The normalized spacial score (nSPS) is 15.3. The number of fused-ring (bicyclic) bond motifs is 2. The fourth-order valence-corrected chi connectivity index (χ4v) is 4.57. The van der Waals surface area contributed by atoms with E-state index in [4.69, 9.17) is 5.73 Å². The van der Waals surface area contributed by atoms with Gasteiger partial charge in [-0.05, 0) is 51.0 Å². The maximum atomic E-state index is 14.6. The van der Waals surface area contributed by atoms with Crippen molar-refractivity contribution in [3.63, 3.8) is 0 Å². The molecule has 5 rings (SSSR count). The van der Waals surface area contributed by atoms with Crippen molar-refractivity contribution >= 4 is 22.5 Å². The number of alkyl halides is 4. The third-order valence-corrected chi connectivity index (χ3v) is 6.26. The Morgan fingerprint density at radius 1 is 1.22 bits per heavy atom. The van der Waals surface area contributed by atoms with Gasteiger partial charge in [0.15, 0.2) is 5.82 Å². The highest BCUT2D eigenvalue weighted by atomic mass is 19.3. The molecule has 1 aliphatic rings. The first-order valence-corrected chi connectivity index (χ1v) is 11.7. The van der Waals surface area contributed by atoms with Gasteiger partial charge in [-0.15, -0.1) is 5.10 Å². The number of halogens is 5. The van der Waals surface area contributed by atoms with Crippen LogP contribution in [0.25, 0.3) is 27.7 Å². The summed E-state index contributed by atoms with van der Waals surface area (Å²) in [4.78, 5) is 9.87. The maximum Gasteiger partial charge on any atom is 0.265 e. The Morgan fingerprint density at radius 3 is 2.57 bits per heavy atom. The van der Waals surface area contributed by atoms with E-state index in [9.17, 15) is 22.0 Å². The number of hydrogen-bond donors (Lipinski definition) is 1. The molecule has 0 spiro atoms. The molecule has 1 fully saturated rings. The Hall–Kier alpha value is -3.70. The van der Waals surface area contributed by atoms with E-state index in [0.717, 1.165) is 12.2 Å². The lowest BCUT2D eigenvalue weighted by molar-refractivity contribution is -0.0548. The maximum absolute atomic E-state index is 14.6. The van der Waals surface area contributed by atoms with Crippen molar-refractivity contribution < 1.29 is 22.0 Å². The highest BCUT2D eigenvalue weighted by molar-refractivity contribution is 5.89. The van der Waals surface area contributed by atoms with Gasteiger partial charge in [0.05, 0.1) is 29.8 Å². The molecule has 3 aromatic heterocycles. The standard InChI is InChI=1S/C17H15F3N6.C8H13F2N/c1-8-16-11(3-4-26(16)24-17(21)22-8)10-5-12(18)15-13(6-10)25(7-14(19)20)9(2)23-15;1-7(2)11-5-3-4-8(9,10)6-11/h3-6,14H,7H2,1-2H3,(H2,21,24);1,3-6H2,2H3. The summed E-state index contributed by atoms with van der Waals surface area (Å²) in [7, 11) is 0. The van der Waals surface area contributed by atoms with Gasteiger partial charge < -0.3 is 15.2 Å². The molecule has 0 saturated carbocycles. The van der Waals surface area contributed by atoms with Crippen LogP contribution < -0.4 is 5.73 Å². The average molecular weight is 522 g/mol. The molecule has 0 amide bonds. The van der Waals surface area contributed by atoms with Crippen LogP contribution in [-0.2, 0) is 6.54 Å². The molecule has 12 heteroatoms. The zero-order chi connectivity index (χ0) is 27.1. The second-order valence-corrected chi connectivity index (χ2v) is 9.18. The molecule has 0 aliphatic carbocycles. The first-order chi connectivity index (χ1) is 17.4. The predicted molar refractivity (Wildman–Crippen MR) is 132 cm³/mol. The van der Waals surface area contributed by atoms with Crippen LogP contribution in [0.1, 0.15) is 31.3 Å². The monoisotopic (exact) mass is 521 g/mol. The summed E-state index contributed by atoms with van der Waals surface area (Å²) in [5.74, 6) is -2.60. The van der Waals surface area contributed by atoms with Gasteiger partial charge in [-0.3, -0.25) is 0 Å². The van der Waals surface area contributed by atoms with Crippen molar-refractivity contribution in [1.29, 1.82) is 0 Å². The molecule has 37 heavy (non-hydrogen) atoms. The van der Waals surface area contributed by atoms with Crippen LogP contribution in [0.5, 0.6) is 0 Å². The number of aryl methyl sites for hydroxylation is 2. The number of aromatic nitrogens is 5. The fourth-order valence-electron chi connectivity index (χ4n) is 4.57. The molecule has 0 bridgehead atoms. The van der Waals surface area contributed by atoms with E-state index in [0.29, 0.717) is 40.1 Å². The van der Waals surface area contributed by atoms with Crippen molar-refractivity contribution in [3.8, 4) is 11.1 Å². The van der Waals surface area contributed by atoms with Crippen LogP contribution in [0, 0.1) is 19.7 Å². The number of nitrogens with zero attached hydrogens (tertiary/aromatic N) is 6. The van der Waals surface area contributed by atoms with Gasteiger partial charge in [0.1, 0.15) is 11.3 Å². The van der Waals surface area contributed by atoms with E-state index < -0.39 is 24.7 Å². The largest absolute Gasteiger partial charge is 0.370 e. The molecule has 1 aliphatic heterocycles. The van der Waals surface area contributed by atoms with Crippen molar-refractivity contribution in [3.05, 3.63) is 54.0 Å². The number of piperidine rings is 1. The highest BCUT2D eigenvalue weighted by Crippen LogP contribution is 2.32. The lowest BCUT2D eigenvalue weighted by Crippen LogP contribution is -2.41. The Morgan fingerprint density at radius 2 is 1.95 bits per heavy atom. The van der Waals surface area contributed by atoms with Crippen LogP contribution >= 0.6 is 0 Å². The van der Waals surface area contributed by atoms with Crippen LogP contribution in [-0.4, -0.2) is 54.5 Å². The molecule has 7 nitrogen and oxygen atoms in total. The van der Waals surface area contributed by atoms with Gasteiger partial charge in [0.2, 0.25) is 5.95 Å². The van der Waals surface area contributed by atoms with Crippen molar-refractivity contribution in [2.75, 3.05) is 18.8 Å². The van der Waals surface area contributed by atoms with Gasteiger partial charge in [0.25, 0.3) is 12.3 Å². The van der Waals surface area contributed by atoms with E-state index in [1.54, 1.807) is 48.5 Å². The molecule has 0 unspecified atom stereocenters. The molecular weight excluding hydrogens is 493 g/mol. The van der Waals surface area contributed by atoms with Gasteiger partial charge >= 0.3 is 0 Å². The fraction of sp³-hybridized carbons (Fsp3) is 0.400. The third-order valence-electron chi connectivity index (χ3n) is 6.26. The van der Waals surface area contributed by atoms with E-state index in [1.807, 2.05) is 0 Å². The van der Waals surface area contributed by atoms with Gasteiger partial charge in [-0.25, -0.2) is 36.4 Å². The van der Waals surface area contributed by atoms with E-state index in [2.05, 4.69) is 21.6 Å². The van der Waals surface area contributed by atoms with Gasteiger partial charge in [0, 0.05) is 30.4 Å². The number of hydrogen-bond acceptors (Lipinski definition) is 5. The molecule has 0 radical (unpaired) electrons. The summed E-state index contributed by atoms with van der Waals surface area (Å²) in [6.45, 7) is 8.79. The van der Waals surface area contributed by atoms with Crippen LogP contribution in [0.15, 0.2) is 36.7 Å². The summed E-state index contributed by atoms with van der Waals surface area (Å²) in [5.41, 5.74) is 9.32. The molecule has 1 aromatic carbocycles. The minimum atomic E-state index is -2.56. The number of allylic oxidation sites excluding steroid dienone is 1. The Balaban J connectivity index is 0.000000245. The highest BCUT2D eigenvalue weighted by Gasteiger charge is 2.34. The summed E-state index contributed by atoms with van der Waals surface area (Å²) in [6, 6.07) is 4.76. The second kappa shape index (κ2) is 9.98. The smallest absolute Gasteiger partial charge is 0.265 e. The number of benzene rings is 1. The summed E-state index contributed by atoms with van der Waals surface area (Å²) < 4.78 is 68.8. The van der Waals surface area contributed by atoms with Crippen LogP contribution in [0.2, 0.25) is 0 Å². The molecule has 0 atom stereocenters. The third kappa shape index (κ3) is 5.52. The molecule has 4 heterocycles. The summed E-state index contributed by atoms with van der Waals surface area (Å²) in [6.07, 6.45) is -0.275. The zero-order valence-electron chi connectivity index (χ0n) is 20.8. The first-order valence-electron chi connectivity index (χ1n) is 11.7. The predicted octanol–water partition coefficient (Wildman–Crippen LogP) is 5.60. The van der Waals surface area contributed by atoms with Crippen molar-refractivity contribution in [2.24, 2.45) is 0 Å². The number of nitrogen functional groups attached to an aromatic ring is 1. The van der Waals surface area contributed by atoms with E-state index >= 15 is 0 Å². The zero-order valence-corrected chi connectivity index (χ0v) is 20.8. The lowest BCUT2D eigenvalue weighted by Gasteiger charge is -2.34. The topological polar surface area (TPSA) is 77.3 Å². The van der Waals surface area contributed by atoms with E-state index in [1.165, 1.54) is 10.6 Å². The molecule has 2 N–H and O–H groups in total. The molecule has 198 valence electrons. The van der Waals surface area contributed by atoms with Gasteiger partial charge in [-0.2, -0.15) is 0 Å². The number of nitrogens with two attached hydrogens (primary N) is 1. The first kappa shape index (κ1) is 26.4. The van der Waals surface area contributed by atoms with E-state index in [-0.39, 0.29) is 24.4 Å². The number of imidazole rings is 1. The van der Waals surface area contributed by atoms with Crippen molar-refractivity contribution in [2.45, 2.75) is 52.5 Å². The molecule has 1 saturated heterocycles. The summed E-state index contributed by atoms with van der Waals surface area (Å²) in [5, 5.41) is 4.10. The lowest BCUT2D eigenvalue weighted by atomic mass is 10.1. The van der Waals surface area contributed by atoms with Crippen LogP contribution in [0.3, 0.4) is 0 Å². The number of rotatable bonds is 4. The molecular formula is C25H28F5N7.